The van der Waals surface area contributed by atoms with Gasteiger partial charge >= 0.3 is 0 Å². The van der Waals surface area contributed by atoms with Crippen LogP contribution in [0.4, 0.5) is 11.5 Å². The predicted molar refractivity (Wildman–Crippen MR) is 97.4 cm³/mol. The molecule has 2 aromatic rings. The van der Waals surface area contributed by atoms with Crippen molar-refractivity contribution in [2.45, 2.75) is 32.6 Å². The summed E-state index contributed by atoms with van der Waals surface area (Å²) in [7, 11) is 0. The Balaban J connectivity index is 2.03. The Morgan fingerprint density at radius 1 is 1.41 bits per heavy atom. The quantitative estimate of drug-likeness (QED) is 0.652. The summed E-state index contributed by atoms with van der Waals surface area (Å²) in [6, 6.07) is 5.02. The number of anilines is 1. The Kier molecular flexibility index (Phi) is 4.07. The van der Waals surface area contributed by atoms with Crippen LogP contribution in [-0.2, 0) is 12.8 Å². The molecule has 4 rings (SSSR count). The van der Waals surface area contributed by atoms with Crippen LogP contribution in [0.2, 0.25) is 0 Å². The first-order valence-corrected chi connectivity index (χ1v) is 8.83. The van der Waals surface area contributed by atoms with Gasteiger partial charge in [-0.1, -0.05) is 13.3 Å². The largest absolute Gasteiger partial charge is 0.454 e. The minimum atomic E-state index is -0.471. The number of hydrogen-bond donors (Lipinski definition) is 1. The highest BCUT2D eigenvalue weighted by molar-refractivity contribution is 5.86. The lowest BCUT2D eigenvalue weighted by Gasteiger charge is -2.26. The molecule has 1 aliphatic heterocycles. The Hall–Kier alpha value is -3.34. The SMILES string of the molecule is CCC1CCc2nc(N)c(C#N)c(-c3cc4c(cc3[N+](=O)[O-])OCO4)c2C1. The molecule has 0 fully saturated rings. The van der Waals surface area contributed by atoms with Crippen molar-refractivity contribution in [3.05, 3.63) is 39.1 Å². The van der Waals surface area contributed by atoms with E-state index < -0.39 is 4.92 Å². The Morgan fingerprint density at radius 2 is 2.15 bits per heavy atom. The molecule has 0 radical (unpaired) electrons. The maximum atomic E-state index is 11.7. The summed E-state index contributed by atoms with van der Waals surface area (Å²) in [4.78, 5) is 15.7. The second-order valence-electron chi connectivity index (χ2n) is 6.78. The van der Waals surface area contributed by atoms with Gasteiger partial charge in [0.1, 0.15) is 17.5 Å². The zero-order valence-electron chi connectivity index (χ0n) is 14.8. The van der Waals surface area contributed by atoms with Crippen molar-refractivity contribution in [3.8, 4) is 28.7 Å². The Labute approximate surface area is 155 Å². The van der Waals surface area contributed by atoms with Gasteiger partial charge in [0, 0.05) is 11.3 Å². The normalized spacial score (nSPS) is 17.3. The molecular formula is C19H18N4O4. The molecule has 1 atom stereocenters. The van der Waals surface area contributed by atoms with Gasteiger partial charge in [-0.25, -0.2) is 4.98 Å². The van der Waals surface area contributed by atoms with E-state index in [2.05, 4.69) is 18.0 Å². The number of aryl methyl sites for hydroxylation is 1. The lowest BCUT2D eigenvalue weighted by atomic mass is 9.80. The van der Waals surface area contributed by atoms with Gasteiger partial charge in [0.05, 0.1) is 16.6 Å². The lowest BCUT2D eigenvalue weighted by molar-refractivity contribution is -0.384. The molecule has 0 spiro atoms. The van der Waals surface area contributed by atoms with Crippen LogP contribution in [0, 0.1) is 27.4 Å². The third-order valence-electron chi connectivity index (χ3n) is 5.34. The van der Waals surface area contributed by atoms with Crippen LogP contribution < -0.4 is 15.2 Å². The maximum Gasteiger partial charge on any atom is 0.281 e. The number of aromatic nitrogens is 1. The van der Waals surface area contributed by atoms with E-state index in [0.29, 0.717) is 35.0 Å². The van der Waals surface area contributed by atoms with Gasteiger partial charge in [-0.05, 0) is 36.8 Å². The molecule has 2 heterocycles. The number of pyridine rings is 1. The van der Waals surface area contributed by atoms with Crippen molar-refractivity contribution < 1.29 is 14.4 Å². The molecule has 2 N–H and O–H groups in total. The lowest BCUT2D eigenvalue weighted by Crippen LogP contribution is -2.18. The summed E-state index contributed by atoms with van der Waals surface area (Å²) in [5.74, 6) is 1.30. The van der Waals surface area contributed by atoms with Crippen molar-refractivity contribution in [2.24, 2.45) is 5.92 Å². The number of fused-ring (bicyclic) bond motifs is 2. The molecular weight excluding hydrogens is 348 g/mol. The standard InChI is InChI=1S/C19H18N4O4/c1-2-10-3-4-14-11(5-10)18(13(8-20)19(21)22-14)12-6-16-17(27-9-26-16)7-15(12)23(24)25/h6-7,10H,2-5,9H2,1H3,(H2,21,22). The topological polar surface area (TPSA) is 124 Å². The van der Waals surface area contributed by atoms with Crippen LogP contribution in [0.5, 0.6) is 11.5 Å². The molecule has 1 aromatic carbocycles. The number of nitrogens with two attached hydrogens (primary N) is 1. The number of hydrogen-bond acceptors (Lipinski definition) is 7. The average Bonchev–Trinajstić information content (AvgIpc) is 3.13. The number of nitriles is 1. The van der Waals surface area contributed by atoms with E-state index in [1.54, 1.807) is 6.07 Å². The van der Waals surface area contributed by atoms with Crippen LogP contribution in [0.15, 0.2) is 12.1 Å². The van der Waals surface area contributed by atoms with E-state index in [1.807, 2.05) is 0 Å². The Morgan fingerprint density at radius 3 is 2.81 bits per heavy atom. The van der Waals surface area contributed by atoms with E-state index >= 15 is 0 Å². The molecule has 0 saturated carbocycles. The molecule has 0 saturated heterocycles. The number of nitrogens with zero attached hydrogens (tertiary/aromatic N) is 3. The summed E-state index contributed by atoms with van der Waals surface area (Å²) in [5.41, 5.74) is 8.60. The number of ether oxygens (including phenoxy) is 2. The molecule has 0 bridgehead atoms. The first kappa shape index (κ1) is 17.1. The van der Waals surface area contributed by atoms with Gasteiger partial charge < -0.3 is 15.2 Å². The average molecular weight is 366 g/mol. The van der Waals surface area contributed by atoms with Gasteiger partial charge in [-0.15, -0.1) is 0 Å². The smallest absolute Gasteiger partial charge is 0.281 e. The first-order chi connectivity index (χ1) is 13.0. The predicted octanol–water partition coefficient (Wildman–Crippen LogP) is 3.35. The Bertz CT molecular complexity index is 996. The van der Waals surface area contributed by atoms with E-state index in [9.17, 15) is 15.4 Å². The molecule has 1 aromatic heterocycles. The highest BCUT2D eigenvalue weighted by atomic mass is 16.7. The van der Waals surface area contributed by atoms with Crippen molar-refractivity contribution in [3.63, 3.8) is 0 Å². The van der Waals surface area contributed by atoms with Gasteiger partial charge in [0.25, 0.3) is 5.69 Å². The van der Waals surface area contributed by atoms with Gasteiger partial charge in [-0.2, -0.15) is 5.26 Å². The van der Waals surface area contributed by atoms with Gasteiger partial charge in [-0.3, -0.25) is 10.1 Å². The highest BCUT2D eigenvalue weighted by Crippen LogP contribution is 2.46. The van der Waals surface area contributed by atoms with Crippen LogP contribution in [0.3, 0.4) is 0 Å². The fraction of sp³-hybridized carbons (Fsp3) is 0.368. The van der Waals surface area contributed by atoms with Crippen LogP contribution in [0.1, 0.15) is 36.6 Å². The van der Waals surface area contributed by atoms with Crippen LogP contribution >= 0.6 is 0 Å². The third kappa shape index (κ3) is 2.72. The second kappa shape index (κ2) is 6.43. The number of nitro groups is 1. The summed E-state index contributed by atoms with van der Waals surface area (Å²) in [6.07, 6.45) is 3.45. The molecule has 1 unspecified atom stereocenters. The van der Waals surface area contributed by atoms with E-state index in [0.717, 1.165) is 30.5 Å². The van der Waals surface area contributed by atoms with Crippen molar-refractivity contribution >= 4 is 11.5 Å². The van der Waals surface area contributed by atoms with Gasteiger partial charge in [0.15, 0.2) is 11.5 Å². The summed E-state index contributed by atoms with van der Waals surface area (Å²) < 4.78 is 10.7. The van der Waals surface area contributed by atoms with Crippen LogP contribution in [-0.4, -0.2) is 16.7 Å². The summed E-state index contributed by atoms with van der Waals surface area (Å²) in [6.45, 7) is 2.13. The second-order valence-corrected chi connectivity index (χ2v) is 6.78. The molecule has 0 amide bonds. The molecule has 8 heteroatoms. The fourth-order valence-electron chi connectivity index (χ4n) is 3.89. The first-order valence-electron chi connectivity index (χ1n) is 8.83. The van der Waals surface area contributed by atoms with Crippen molar-refractivity contribution in [2.75, 3.05) is 12.5 Å². The summed E-state index contributed by atoms with van der Waals surface area (Å²) >= 11 is 0. The van der Waals surface area contributed by atoms with Gasteiger partial charge in [0.2, 0.25) is 6.79 Å². The number of nitrogen functional groups attached to an aromatic ring is 1. The molecule has 2 aliphatic rings. The molecule has 27 heavy (non-hydrogen) atoms. The minimum absolute atomic E-state index is 0.00947. The van der Waals surface area contributed by atoms with E-state index in [1.165, 1.54) is 6.07 Å². The molecule has 138 valence electrons. The summed E-state index contributed by atoms with van der Waals surface area (Å²) in [5, 5.41) is 21.5. The van der Waals surface area contributed by atoms with Crippen molar-refractivity contribution in [1.82, 2.24) is 4.98 Å². The maximum absolute atomic E-state index is 11.7. The monoisotopic (exact) mass is 366 g/mol. The van der Waals surface area contributed by atoms with E-state index in [-0.39, 0.29) is 23.9 Å². The molecule has 1 aliphatic carbocycles. The highest BCUT2D eigenvalue weighted by Gasteiger charge is 2.31. The van der Waals surface area contributed by atoms with E-state index in [4.69, 9.17) is 15.2 Å². The van der Waals surface area contributed by atoms with Crippen molar-refractivity contribution in [1.29, 1.82) is 5.26 Å². The molecule has 8 nitrogen and oxygen atoms in total. The minimum Gasteiger partial charge on any atom is -0.454 e. The number of benzene rings is 1. The number of rotatable bonds is 3. The number of nitro benzene ring substituents is 1. The third-order valence-corrected chi connectivity index (χ3v) is 5.34. The fourth-order valence-corrected chi connectivity index (χ4v) is 3.89. The zero-order chi connectivity index (χ0) is 19.1. The van der Waals surface area contributed by atoms with Crippen LogP contribution in [0.25, 0.3) is 11.1 Å². The zero-order valence-corrected chi connectivity index (χ0v) is 14.8.